The van der Waals surface area contributed by atoms with Gasteiger partial charge in [0.2, 0.25) is 0 Å². The molecule has 0 spiro atoms. The maximum atomic E-state index is 12.1. The maximum Gasteiger partial charge on any atom is 0.349 e. The minimum atomic E-state index is -0.975. The van der Waals surface area contributed by atoms with Gasteiger partial charge in [-0.2, -0.15) is 0 Å². The van der Waals surface area contributed by atoms with Gasteiger partial charge in [0, 0.05) is 48.0 Å². The molecule has 3 aromatic carbocycles. The van der Waals surface area contributed by atoms with Crippen molar-refractivity contribution in [1.29, 1.82) is 0 Å². The second-order valence-electron chi connectivity index (χ2n) is 11.1. The molecule has 2 unspecified atom stereocenters. The Labute approximate surface area is 244 Å². The van der Waals surface area contributed by atoms with Crippen molar-refractivity contribution in [1.82, 2.24) is 4.90 Å². The summed E-state index contributed by atoms with van der Waals surface area (Å²) in [6, 6.07) is 17.8. The van der Waals surface area contributed by atoms with Crippen molar-refractivity contribution in [3.63, 3.8) is 0 Å². The third-order valence-electron chi connectivity index (χ3n) is 7.91. The number of aliphatic hydroxyl groups excluding tert-OH is 1. The van der Waals surface area contributed by atoms with E-state index < -0.39 is 12.1 Å². The quantitative estimate of drug-likeness (QED) is 0.354. The Hall–Kier alpha value is -4.11. The van der Waals surface area contributed by atoms with Crippen molar-refractivity contribution in [2.45, 2.75) is 64.8 Å². The number of carbonyl (C=O) groups is 2. The lowest BCUT2D eigenvalue weighted by Crippen LogP contribution is -2.45. The Bertz CT molecular complexity index is 1430. The molecule has 5 rings (SSSR count). The number of halogens is 1. The number of rotatable bonds is 9. The van der Waals surface area contributed by atoms with Crippen LogP contribution in [-0.2, 0) is 21.1 Å². The largest absolute Gasteiger partial charge is 0.492 e. The predicted octanol–water partition coefficient (Wildman–Crippen LogP) is 5.59. The lowest BCUT2D eigenvalue weighted by atomic mass is 9.94. The number of amides is 1. The van der Waals surface area contributed by atoms with Gasteiger partial charge in [-0.15, -0.1) is 0 Å². The van der Waals surface area contributed by atoms with E-state index in [1.165, 1.54) is 6.92 Å². The van der Waals surface area contributed by atoms with E-state index in [1.807, 2.05) is 24.3 Å². The molecule has 0 aliphatic carbocycles. The van der Waals surface area contributed by atoms with Gasteiger partial charge in [0.25, 0.3) is 5.91 Å². The lowest BCUT2D eigenvalue weighted by molar-refractivity contribution is -0.184. The first-order chi connectivity index (χ1) is 20.2. The van der Waals surface area contributed by atoms with Crippen molar-refractivity contribution in [3.05, 3.63) is 76.9 Å². The van der Waals surface area contributed by atoms with E-state index in [1.54, 1.807) is 11.0 Å². The van der Waals surface area contributed by atoms with Crippen LogP contribution in [0.4, 0.5) is 4.53 Å². The Morgan fingerprint density at radius 1 is 1.05 bits per heavy atom. The number of hydrogen-bond donors (Lipinski definition) is 1. The number of carbonyl (C=O) groups excluding carboxylic acids is 2. The zero-order valence-electron chi connectivity index (χ0n) is 24.1. The molecule has 0 saturated carbocycles. The van der Waals surface area contributed by atoms with Gasteiger partial charge >= 0.3 is 5.97 Å². The molecule has 1 saturated heterocycles. The smallest absolute Gasteiger partial charge is 0.349 e. The van der Waals surface area contributed by atoms with Gasteiger partial charge in [-0.3, -0.25) is 9.74 Å². The van der Waals surface area contributed by atoms with Gasteiger partial charge in [0.05, 0.1) is 13.0 Å². The molecule has 1 fully saturated rings. The van der Waals surface area contributed by atoms with Crippen LogP contribution >= 0.6 is 0 Å². The molecule has 0 radical (unpaired) electrons. The van der Waals surface area contributed by atoms with Gasteiger partial charge in [0.15, 0.2) is 0 Å². The summed E-state index contributed by atoms with van der Waals surface area (Å²) in [5.74, 6) is 0.710. The molecule has 2 aliphatic rings. The highest BCUT2D eigenvalue weighted by Gasteiger charge is 2.28. The van der Waals surface area contributed by atoms with Crippen LogP contribution < -0.4 is 14.2 Å². The molecule has 3 aromatic rings. The molecule has 2 heterocycles. The number of aryl methyl sites for hydroxylation is 2. The molecule has 2 aliphatic heterocycles. The van der Waals surface area contributed by atoms with Crippen LogP contribution in [0.2, 0.25) is 0 Å². The van der Waals surface area contributed by atoms with Gasteiger partial charge in [-0.25, -0.2) is 4.79 Å². The van der Waals surface area contributed by atoms with Crippen LogP contribution in [0.15, 0.2) is 54.6 Å². The minimum Gasteiger partial charge on any atom is -0.492 e. The number of likely N-dealkylation sites (tertiary alicyclic amines) is 1. The van der Waals surface area contributed by atoms with Crippen molar-refractivity contribution in [3.8, 4) is 28.4 Å². The third-order valence-corrected chi connectivity index (χ3v) is 7.91. The normalized spacial score (nSPS) is 17.3. The molecule has 1 N–H and O–H groups in total. The first-order valence-electron chi connectivity index (χ1n) is 14.3. The van der Waals surface area contributed by atoms with Crippen LogP contribution in [0.3, 0.4) is 0 Å². The standard InChI is InChI=1S/C33H36FNO7/c1-20-13-28(41-26-9-11-35(12-10-26)33(38)22(3)36)14-21(2)32(20)24-6-4-5-23(15-24)18-39-27-7-8-29-25(16-31(37)42-34)19-40-30(29)17-27/h4-8,13-15,17,22,25-26,36H,9-12,16,18-19H2,1-3H3. The van der Waals surface area contributed by atoms with E-state index in [4.69, 9.17) is 14.2 Å². The molecule has 42 heavy (non-hydrogen) atoms. The molecular weight excluding hydrogens is 541 g/mol. The van der Waals surface area contributed by atoms with E-state index in [2.05, 4.69) is 43.1 Å². The van der Waals surface area contributed by atoms with Crippen LogP contribution in [0.25, 0.3) is 11.1 Å². The first kappa shape index (κ1) is 29.4. The highest BCUT2D eigenvalue weighted by molar-refractivity contribution is 5.80. The number of fused-ring (bicyclic) bond motifs is 1. The van der Waals surface area contributed by atoms with E-state index in [0.717, 1.165) is 52.0 Å². The second-order valence-corrected chi connectivity index (χ2v) is 11.1. The van der Waals surface area contributed by atoms with Crippen LogP contribution in [0.1, 0.15) is 54.4 Å². The van der Waals surface area contributed by atoms with E-state index >= 15 is 0 Å². The molecule has 0 bridgehead atoms. The summed E-state index contributed by atoms with van der Waals surface area (Å²) in [5, 5.41) is 9.57. The Kier molecular flexibility index (Phi) is 8.97. The highest BCUT2D eigenvalue weighted by Crippen LogP contribution is 2.39. The summed E-state index contributed by atoms with van der Waals surface area (Å²) in [5.41, 5.74) is 6.28. The zero-order valence-corrected chi connectivity index (χ0v) is 24.1. The Morgan fingerprint density at radius 3 is 2.48 bits per heavy atom. The number of hydrogen-bond acceptors (Lipinski definition) is 7. The van der Waals surface area contributed by atoms with E-state index in [-0.39, 0.29) is 24.3 Å². The van der Waals surface area contributed by atoms with Crippen LogP contribution in [0.5, 0.6) is 17.2 Å². The van der Waals surface area contributed by atoms with Gasteiger partial charge in [-0.1, -0.05) is 24.3 Å². The fourth-order valence-corrected chi connectivity index (χ4v) is 5.83. The van der Waals surface area contributed by atoms with Crippen LogP contribution in [-0.4, -0.2) is 53.8 Å². The minimum absolute atomic E-state index is 0.0235. The van der Waals surface area contributed by atoms with Gasteiger partial charge in [-0.05, 0) is 72.9 Å². The summed E-state index contributed by atoms with van der Waals surface area (Å²) < 4.78 is 30.2. The molecule has 0 aromatic heterocycles. The Morgan fingerprint density at radius 2 is 1.79 bits per heavy atom. The second kappa shape index (κ2) is 12.8. The first-order valence-corrected chi connectivity index (χ1v) is 14.3. The summed E-state index contributed by atoms with van der Waals surface area (Å²) >= 11 is 0. The number of benzene rings is 3. The van der Waals surface area contributed by atoms with Crippen molar-refractivity contribution in [2.24, 2.45) is 0 Å². The summed E-state index contributed by atoms with van der Waals surface area (Å²) in [4.78, 5) is 28.4. The molecule has 1 amide bonds. The summed E-state index contributed by atoms with van der Waals surface area (Å²) in [6.45, 7) is 7.47. The topological polar surface area (TPSA) is 94.5 Å². The van der Waals surface area contributed by atoms with Gasteiger partial charge in [0.1, 0.15) is 36.1 Å². The third kappa shape index (κ3) is 6.68. The van der Waals surface area contributed by atoms with Crippen molar-refractivity contribution < 1.29 is 38.4 Å². The lowest BCUT2D eigenvalue weighted by Gasteiger charge is -2.33. The molecule has 9 heteroatoms. The fraction of sp³-hybridized carbons (Fsp3) is 0.394. The molecular formula is C33H36FNO7. The highest BCUT2D eigenvalue weighted by atomic mass is 19.3. The van der Waals surface area contributed by atoms with Crippen LogP contribution in [0, 0.1) is 13.8 Å². The Balaban J connectivity index is 1.21. The molecule has 2 atom stereocenters. The summed E-state index contributed by atoms with van der Waals surface area (Å²) in [7, 11) is 0. The van der Waals surface area contributed by atoms with E-state index in [9.17, 15) is 19.2 Å². The summed E-state index contributed by atoms with van der Waals surface area (Å²) in [6.07, 6.45) is 0.428. The maximum absolute atomic E-state index is 12.1. The number of ether oxygens (including phenoxy) is 3. The predicted molar refractivity (Wildman–Crippen MR) is 154 cm³/mol. The molecule has 222 valence electrons. The number of aliphatic hydroxyl groups is 1. The van der Waals surface area contributed by atoms with Crippen molar-refractivity contribution in [2.75, 3.05) is 19.7 Å². The SMILES string of the molecule is Cc1cc(OC2CCN(C(=O)C(C)O)CC2)cc(C)c1-c1cccc(COc2ccc3c(c2)OCC3CC(=O)OF)c1. The van der Waals surface area contributed by atoms with Crippen molar-refractivity contribution >= 4 is 11.9 Å². The van der Waals surface area contributed by atoms with E-state index in [0.29, 0.717) is 37.8 Å². The zero-order chi connectivity index (χ0) is 29.8. The monoisotopic (exact) mass is 577 g/mol. The van der Waals surface area contributed by atoms with Gasteiger partial charge < -0.3 is 24.2 Å². The fourth-order valence-electron chi connectivity index (χ4n) is 5.83. The number of piperidine rings is 1. The number of nitrogens with zero attached hydrogens (tertiary/aromatic N) is 1. The average molecular weight is 578 g/mol. The average Bonchev–Trinajstić information content (AvgIpc) is 3.37. The molecule has 8 nitrogen and oxygen atoms in total.